The van der Waals surface area contributed by atoms with Crippen molar-refractivity contribution in [3.63, 3.8) is 0 Å². The molecule has 0 aliphatic carbocycles. The molecule has 0 amide bonds. The van der Waals surface area contributed by atoms with Gasteiger partial charge in [0.15, 0.2) is 0 Å². The fourth-order valence-corrected chi connectivity index (χ4v) is 3.03. The van der Waals surface area contributed by atoms with E-state index in [1.54, 1.807) is 17.5 Å². The van der Waals surface area contributed by atoms with Crippen molar-refractivity contribution in [1.29, 1.82) is 0 Å². The third-order valence-electron chi connectivity index (χ3n) is 3.00. The summed E-state index contributed by atoms with van der Waals surface area (Å²) in [6.07, 6.45) is 3.61. The van der Waals surface area contributed by atoms with Crippen LogP contribution in [0.15, 0.2) is 34.4 Å². The van der Waals surface area contributed by atoms with Crippen molar-refractivity contribution in [3.05, 3.63) is 45.1 Å². The first-order valence-electron chi connectivity index (χ1n) is 6.16. The molecule has 20 heavy (non-hydrogen) atoms. The fraction of sp³-hybridized carbons (Fsp3) is 0.214. The van der Waals surface area contributed by atoms with Crippen molar-refractivity contribution < 1.29 is 0 Å². The smallest absolute Gasteiger partial charge is 0.112 e. The first-order valence-corrected chi connectivity index (χ1v) is 7.83. The van der Waals surface area contributed by atoms with Crippen molar-refractivity contribution in [1.82, 2.24) is 15.0 Å². The van der Waals surface area contributed by atoms with Crippen molar-refractivity contribution >= 4 is 44.0 Å². The molecule has 0 aromatic carbocycles. The van der Waals surface area contributed by atoms with Crippen LogP contribution in [0.1, 0.15) is 10.7 Å². The number of thiazole rings is 1. The van der Waals surface area contributed by atoms with Crippen molar-refractivity contribution in [3.8, 4) is 0 Å². The molecule has 0 aliphatic heterocycles. The Morgan fingerprint density at radius 3 is 2.95 bits per heavy atom. The van der Waals surface area contributed by atoms with Crippen LogP contribution in [0.5, 0.6) is 0 Å². The number of aryl methyl sites for hydroxylation is 1. The van der Waals surface area contributed by atoms with Crippen molar-refractivity contribution in [2.24, 2.45) is 0 Å². The number of nitrogens with zero attached hydrogens (tertiary/aromatic N) is 4. The van der Waals surface area contributed by atoms with E-state index in [9.17, 15) is 0 Å². The monoisotopic (exact) mass is 348 g/mol. The second kappa shape index (κ2) is 5.46. The molecule has 0 atom stereocenters. The first-order chi connectivity index (χ1) is 9.63. The van der Waals surface area contributed by atoms with E-state index in [4.69, 9.17) is 0 Å². The fourth-order valence-electron chi connectivity index (χ4n) is 2.11. The molecule has 0 saturated carbocycles. The lowest BCUT2D eigenvalue weighted by atomic mass is 10.2. The molecule has 0 spiro atoms. The Morgan fingerprint density at radius 2 is 2.20 bits per heavy atom. The molecule has 3 rings (SSSR count). The van der Waals surface area contributed by atoms with Gasteiger partial charge in [-0.1, -0.05) is 0 Å². The van der Waals surface area contributed by atoms with Crippen LogP contribution in [0.3, 0.4) is 0 Å². The molecule has 3 heterocycles. The largest absolute Gasteiger partial charge is 0.367 e. The molecule has 0 bridgehead atoms. The average Bonchev–Trinajstić information content (AvgIpc) is 2.83. The number of aromatic nitrogens is 3. The molecule has 0 saturated heterocycles. The van der Waals surface area contributed by atoms with Crippen LogP contribution in [0, 0.1) is 6.92 Å². The molecule has 102 valence electrons. The highest BCUT2D eigenvalue weighted by molar-refractivity contribution is 9.10. The average molecular weight is 349 g/mol. The maximum absolute atomic E-state index is 4.50. The molecule has 0 fully saturated rings. The Bertz CT molecular complexity index is 756. The maximum atomic E-state index is 4.50. The third-order valence-corrected chi connectivity index (χ3v) is 4.26. The second-order valence-corrected chi connectivity index (χ2v) is 6.54. The summed E-state index contributed by atoms with van der Waals surface area (Å²) < 4.78 is 0.937. The quantitative estimate of drug-likeness (QED) is 0.721. The van der Waals surface area contributed by atoms with E-state index in [1.165, 1.54) is 0 Å². The van der Waals surface area contributed by atoms with Gasteiger partial charge in [0.2, 0.25) is 0 Å². The van der Waals surface area contributed by atoms with Crippen molar-refractivity contribution in [2.75, 3.05) is 11.9 Å². The first kappa shape index (κ1) is 13.5. The van der Waals surface area contributed by atoms with E-state index in [-0.39, 0.29) is 0 Å². The molecule has 0 unspecified atom stereocenters. The van der Waals surface area contributed by atoms with E-state index in [1.807, 2.05) is 32.3 Å². The molecular weight excluding hydrogens is 336 g/mol. The highest BCUT2D eigenvalue weighted by Crippen LogP contribution is 2.25. The van der Waals surface area contributed by atoms with E-state index in [2.05, 4.69) is 41.2 Å². The molecule has 6 heteroatoms. The van der Waals surface area contributed by atoms with Gasteiger partial charge in [-0.05, 0) is 35.0 Å². The number of rotatable bonds is 3. The highest BCUT2D eigenvalue weighted by Gasteiger charge is 2.10. The molecular formula is C14H13BrN4S. The Balaban J connectivity index is 1.96. The summed E-state index contributed by atoms with van der Waals surface area (Å²) in [5, 5.41) is 3.19. The topological polar surface area (TPSA) is 41.9 Å². The number of pyridine rings is 2. The van der Waals surface area contributed by atoms with Crippen LogP contribution in [0.25, 0.3) is 11.0 Å². The second-order valence-electron chi connectivity index (χ2n) is 4.57. The van der Waals surface area contributed by atoms with Gasteiger partial charge in [-0.2, -0.15) is 0 Å². The van der Waals surface area contributed by atoms with Gasteiger partial charge in [-0.3, -0.25) is 9.97 Å². The van der Waals surface area contributed by atoms with Crippen LogP contribution in [-0.4, -0.2) is 22.0 Å². The van der Waals surface area contributed by atoms with Crippen molar-refractivity contribution in [2.45, 2.75) is 13.5 Å². The SMILES string of the molecule is Cc1nc(CN(C)c2ccnc3cc(Br)cnc23)cs1. The summed E-state index contributed by atoms with van der Waals surface area (Å²) in [6.45, 7) is 2.79. The normalized spacial score (nSPS) is 10.9. The summed E-state index contributed by atoms with van der Waals surface area (Å²) in [6, 6.07) is 3.97. The number of hydrogen-bond acceptors (Lipinski definition) is 5. The summed E-state index contributed by atoms with van der Waals surface area (Å²) >= 11 is 5.10. The zero-order chi connectivity index (χ0) is 14.1. The predicted octanol–water partition coefficient (Wildman–Crippen LogP) is 3.79. The molecule has 4 nitrogen and oxygen atoms in total. The van der Waals surface area contributed by atoms with Crippen LogP contribution >= 0.6 is 27.3 Å². The zero-order valence-electron chi connectivity index (χ0n) is 11.2. The molecule has 0 N–H and O–H groups in total. The Kier molecular flexibility index (Phi) is 3.67. The van der Waals surface area contributed by atoms with Gasteiger partial charge < -0.3 is 4.90 Å². The number of anilines is 1. The summed E-state index contributed by atoms with van der Waals surface area (Å²) in [5.74, 6) is 0. The minimum atomic E-state index is 0.765. The number of fused-ring (bicyclic) bond motifs is 1. The minimum Gasteiger partial charge on any atom is -0.367 e. The van der Waals surface area contributed by atoms with Gasteiger partial charge in [0, 0.05) is 29.3 Å². The van der Waals surface area contributed by atoms with Gasteiger partial charge in [0.05, 0.1) is 28.5 Å². The summed E-state index contributed by atoms with van der Waals surface area (Å²) in [5.41, 5.74) is 3.94. The predicted molar refractivity (Wildman–Crippen MR) is 86.2 cm³/mol. The lowest BCUT2D eigenvalue weighted by Crippen LogP contribution is -2.17. The molecule has 3 aromatic heterocycles. The van der Waals surface area contributed by atoms with Crippen LogP contribution in [0.2, 0.25) is 0 Å². The lowest BCUT2D eigenvalue weighted by molar-refractivity contribution is 0.891. The molecule has 3 aromatic rings. The van der Waals surface area contributed by atoms with E-state index in [0.717, 1.165) is 38.4 Å². The maximum Gasteiger partial charge on any atom is 0.112 e. The molecule has 0 radical (unpaired) electrons. The van der Waals surface area contributed by atoms with Crippen LogP contribution in [0.4, 0.5) is 5.69 Å². The van der Waals surface area contributed by atoms with Gasteiger partial charge in [0.1, 0.15) is 5.52 Å². The molecule has 0 aliphatic rings. The Hall–Kier alpha value is -1.53. The van der Waals surface area contributed by atoms with E-state index >= 15 is 0 Å². The minimum absolute atomic E-state index is 0.765. The lowest BCUT2D eigenvalue weighted by Gasteiger charge is -2.19. The van der Waals surface area contributed by atoms with E-state index in [0.29, 0.717) is 0 Å². The van der Waals surface area contributed by atoms with Gasteiger partial charge in [0.25, 0.3) is 0 Å². The van der Waals surface area contributed by atoms with E-state index < -0.39 is 0 Å². The van der Waals surface area contributed by atoms with Gasteiger partial charge >= 0.3 is 0 Å². The number of halogens is 1. The van der Waals surface area contributed by atoms with Crippen LogP contribution in [-0.2, 0) is 6.54 Å². The van der Waals surface area contributed by atoms with Crippen LogP contribution < -0.4 is 4.90 Å². The highest BCUT2D eigenvalue weighted by atomic mass is 79.9. The zero-order valence-corrected chi connectivity index (χ0v) is 13.6. The standard InChI is InChI=1S/C14H13BrN4S/c1-9-18-11(8-20-9)7-19(2)13-3-4-16-12-5-10(15)6-17-14(12)13/h3-6,8H,7H2,1-2H3. The Labute approximate surface area is 129 Å². The van der Waals surface area contributed by atoms with Gasteiger partial charge in [-0.25, -0.2) is 4.98 Å². The summed E-state index contributed by atoms with van der Waals surface area (Å²) in [7, 11) is 2.05. The third kappa shape index (κ3) is 2.66. The van der Waals surface area contributed by atoms with Gasteiger partial charge in [-0.15, -0.1) is 11.3 Å². The number of hydrogen-bond donors (Lipinski definition) is 0. The Morgan fingerprint density at radius 1 is 1.35 bits per heavy atom. The summed E-state index contributed by atoms with van der Waals surface area (Å²) in [4.78, 5) is 15.5.